The number of aromatic nitrogens is 1. The quantitative estimate of drug-likeness (QED) is 0.877. The van der Waals surface area contributed by atoms with Crippen LogP contribution in [-0.4, -0.2) is 24.7 Å². The van der Waals surface area contributed by atoms with Gasteiger partial charge >= 0.3 is 0 Å². The van der Waals surface area contributed by atoms with Gasteiger partial charge in [0.2, 0.25) is 0 Å². The van der Waals surface area contributed by atoms with Gasteiger partial charge in [-0.15, -0.1) is 11.3 Å². The first-order chi connectivity index (χ1) is 8.15. The summed E-state index contributed by atoms with van der Waals surface area (Å²) in [5.74, 6) is 0. The Bertz CT molecular complexity index is 383. The highest BCUT2D eigenvalue weighted by molar-refractivity contribution is 7.11. The Morgan fingerprint density at radius 3 is 2.65 bits per heavy atom. The summed E-state index contributed by atoms with van der Waals surface area (Å²) in [6, 6.07) is 0. The second-order valence-electron chi connectivity index (χ2n) is 4.69. The van der Waals surface area contributed by atoms with Gasteiger partial charge in [0.25, 0.3) is 0 Å². The molecule has 1 N–H and O–H groups in total. The van der Waals surface area contributed by atoms with Crippen LogP contribution in [0.25, 0.3) is 0 Å². The molecule has 1 aliphatic carbocycles. The molecule has 1 aliphatic rings. The molecule has 0 aliphatic heterocycles. The van der Waals surface area contributed by atoms with Crippen molar-refractivity contribution < 1.29 is 4.74 Å². The fraction of sp³-hybridized carbons (Fsp3) is 0.769. The van der Waals surface area contributed by atoms with Gasteiger partial charge in [-0.1, -0.05) is 6.92 Å². The van der Waals surface area contributed by atoms with E-state index in [1.807, 2.05) is 18.4 Å². The summed E-state index contributed by atoms with van der Waals surface area (Å²) in [6.07, 6.45) is 3.53. The van der Waals surface area contributed by atoms with Crippen molar-refractivity contribution in [2.24, 2.45) is 0 Å². The van der Waals surface area contributed by atoms with Crippen molar-refractivity contribution in [2.75, 3.05) is 13.7 Å². The zero-order chi connectivity index (χ0) is 12.5. The normalized spacial score (nSPS) is 28.1. The molecule has 17 heavy (non-hydrogen) atoms. The Morgan fingerprint density at radius 2 is 2.18 bits per heavy atom. The summed E-state index contributed by atoms with van der Waals surface area (Å²) >= 11 is 1.84. The number of ether oxygens (including phenoxy) is 1. The molecule has 3 nitrogen and oxygen atoms in total. The van der Waals surface area contributed by atoms with E-state index in [-0.39, 0.29) is 5.54 Å². The first-order valence-corrected chi connectivity index (χ1v) is 7.24. The van der Waals surface area contributed by atoms with Crippen molar-refractivity contribution in [2.45, 2.75) is 51.7 Å². The number of nitrogens with zero attached hydrogens (tertiary/aromatic N) is 1. The summed E-state index contributed by atoms with van der Waals surface area (Å²) in [4.78, 5) is 6.15. The van der Waals surface area contributed by atoms with E-state index in [1.165, 1.54) is 15.6 Å². The zero-order valence-electron chi connectivity index (χ0n) is 11.2. The average molecular weight is 254 g/mol. The topological polar surface area (TPSA) is 34.1 Å². The van der Waals surface area contributed by atoms with Gasteiger partial charge in [0.15, 0.2) is 0 Å². The van der Waals surface area contributed by atoms with Crippen LogP contribution in [0.2, 0.25) is 0 Å². The van der Waals surface area contributed by atoms with Crippen LogP contribution < -0.4 is 5.32 Å². The standard InChI is InChI=1S/C13H22N2OS/c1-5-11-9(3)17-12(15-11)13(14-4)7-10(8-13)16-6-2/h10,14H,5-8H2,1-4H3. The molecule has 0 bridgehead atoms. The SMILES string of the molecule is CCOC1CC(NC)(c2nc(CC)c(C)s2)C1. The van der Waals surface area contributed by atoms with Crippen molar-refractivity contribution in [1.29, 1.82) is 0 Å². The molecular weight excluding hydrogens is 232 g/mol. The van der Waals surface area contributed by atoms with Crippen LogP contribution in [-0.2, 0) is 16.7 Å². The van der Waals surface area contributed by atoms with E-state index in [9.17, 15) is 0 Å². The number of thiazole rings is 1. The molecule has 1 saturated carbocycles. The Hall–Kier alpha value is -0.450. The van der Waals surface area contributed by atoms with Gasteiger partial charge in [-0.3, -0.25) is 0 Å². The largest absolute Gasteiger partial charge is 0.378 e. The van der Waals surface area contributed by atoms with Gasteiger partial charge < -0.3 is 10.1 Å². The van der Waals surface area contributed by atoms with Crippen LogP contribution in [0.4, 0.5) is 0 Å². The van der Waals surface area contributed by atoms with Gasteiger partial charge in [-0.05, 0) is 40.2 Å². The monoisotopic (exact) mass is 254 g/mol. The van der Waals surface area contributed by atoms with E-state index in [0.29, 0.717) is 6.10 Å². The minimum Gasteiger partial charge on any atom is -0.378 e. The molecule has 1 aromatic heterocycles. The lowest BCUT2D eigenvalue weighted by Gasteiger charge is -2.45. The molecule has 0 radical (unpaired) electrons. The van der Waals surface area contributed by atoms with Crippen molar-refractivity contribution >= 4 is 11.3 Å². The van der Waals surface area contributed by atoms with Crippen molar-refractivity contribution in [3.63, 3.8) is 0 Å². The fourth-order valence-electron chi connectivity index (χ4n) is 2.52. The van der Waals surface area contributed by atoms with Gasteiger partial charge in [0.05, 0.1) is 17.3 Å². The molecule has 96 valence electrons. The Morgan fingerprint density at radius 1 is 1.47 bits per heavy atom. The van der Waals surface area contributed by atoms with Crippen molar-refractivity contribution in [3.8, 4) is 0 Å². The van der Waals surface area contributed by atoms with E-state index in [2.05, 4.69) is 26.1 Å². The van der Waals surface area contributed by atoms with Crippen LogP contribution in [0.1, 0.15) is 42.3 Å². The second-order valence-corrected chi connectivity index (χ2v) is 5.90. The minimum atomic E-state index is 0.0721. The number of nitrogens with one attached hydrogen (secondary N) is 1. The van der Waals surface area contributed by atoms with Crippen LogP contribution in [0.3, 0.4) is 0 Å². The maximum absolute atomic E-state index is 5.66. The highest BCUT2D eigenvalue weighted by atomic mass is 32.1. The predicted octanol–water partition coefficient (Wildman–Crippen LogP) is 2.63. The lowest BCUT2D eigenvalue weighted by Crippen LogP contribution is -2.54. The van der Waals surface area contributed by atoms with E-state index < -0.39 is 0 Å². The Balaban J connectivity index is 2.14. The molecule has 0 atom stereocenters. The number of hydrogen-bond acceptors (Lipinski definition) is 4. The first-order valence-electron chi connectivity index (χ1n) is 6.42. The summed E-state index contributed by atoms with van der Waals surface area (Å²) in [6.45, 7) is 7.20. The lowest BCUT2D eigenvalue weighted by molar-refractivity contribution is -0.0510. The summed E-state index contributed by atoms with van der Waals surface area (Å²) < 4.78 is 5.66. The van der Waals surface area contributed by atoms with Crippen LogP contribution in [0, 0.1) is 6.92 Å². The molecule has 0 amide bonds. The third kappa shape index (κ3) is 2.26. The number of rotatable bonds is 5. The zero-order valence-corrected chi connectivity index (χ0v) is 12.0. The third-order valence-corrected chi connectivity index (χ3v) is 4.89. The molecule has 1 fully saturated rings. The third-order valence-electron chi connectivity index (χ3n) is 3.67. The first kappa shape index (κ1) is 13.0. The summed E-state index contributed by atoms with van der Waals surface area (Å²) in [7, 11) is 2.03. The van der Waals surface area contributed by atoms with E-state index in [0.717, 1.165) is 25.9 Å². The van der Waals surface area contributed by atoms with E-state index in [1.54, 1.807) is 0 Å². The van der Waals surface area contributed by atoms with Crippen LogP contribution >= 0.6 is 11.3 Å². The Labute approximate surface area is 108 Å². The van der Waals surface area contributed by atoms with Gasteiger partial charge in [0, 0.05) is 11.5 Å². The molecule has 0 saturated heterocycles. The van der Waals surface area contributed by atoms with E-state index >= 15 is 0 Å². The molecule has 0 spiro atoms. The van der Waals surface area contributed by atoms with Crippen LogP contribution in [0.15, 0.2) is 0 Å². The second kappa shape index (κ2) is 5.04. The van der Waals surface area contributed by atoms with Gasteiger partial charge in [-0.2, -0.15) is 0 Å². The highest BCUT2D eigenvalue weighted by Crippen LogP contribution is 2.44. The lowest BCUT2D eigenvalue weighted by atomic mass is 9.74. The Kier molecular flexibility index (Phi) is 3.85. The number of hydrogen-bond donors (Lipinski definition) is 1. The molecule has 1 aromatic rings. The minimum absolute atomic E-state index is 0.0721. The predicted molar refractivity (Wildman–Crippen MR) is 71.6 cm³/mol. The highest BCUT2D eigenvalue weighted by Gasteiger charge is 2.47. The molecule has 4 heteroatoms. The van der Waals surface area contributed by atoms with Crippen LogP contribution in [0.5, 0.6) is 0 Å². The molecule has 0 aromatic carbocycles. The maximum atomic E-state index is 5.66. The molecule has 2 rings (SSSR count). The van der Waals surface area contributed by atoms with Gasteiger partial charge in [0.1, 0.15) is 5.01 Å². The summed E-state index contributed by atoms with van der Waals surface area (Å²) in [5.41, 5.74) is 1.32. The summed E-state index contributed by atoms with van der Waals surface area (Å²) in [5, 5.41) is 4.69. The molecule has 1 heterocycles. The van der Waals surface area contributed by atoms with Crippen molar-refractivity contribution in [3.05, 3.63) is 15.6 Å². The maximum Gasteiger partial charge on any atom is 0.113 e. The fourth-order valence-corrected chi connectivity index (χ4v) is 3.74. The smallest absolute Gasteiger partial charge is 0.113 e. The molecular formula is C13H22N2OS. The van der Waals surface area contributed by atoms with E-state index in [4.69, 9.17) is 9.72 Å². The van der Waals surface area contributed by atoms with Gasteiger partial charge in [-0.25, -0.2) is 4.98 Å². The average Bonchev–Trinajstić information content (AvgIpc) is 2.64. The molecule has 0 unspecified atom stereocenters. The number of aryl methyl sites for hydroxylation is 2. The van der Waals surface area contributed by atoms with Crippen molar-refractivity contribution in [1.82, 2.24) is 10.3 Å².